The molecule has 6 nitrogen and oxygen atoms in total. The van der Waals surface area contributed by atoms with Crippen LogP contribution in [0.2, 0.25) is 0 Å². The number of rotatable bonds is 11. The van der Waals surface area contributed by atoms with Crippen molar-refractivity contribution in [2.24, 2.45) is 0 Å². The van der Waals surface area contributed by atoms with Gasteiger partial charge < -0.3 is 23.8 Å². The summed E-state index contributed by atoms with van der Waals surface area (Å²) in [6, 6.07) is 0. The maximum atomic E-state index is 11.4. The lowest BCUT2D eigenvalue weighted by Gasteiger charge is -2.31. The molecular weight excluding hydrogens is 279 g/mol. The van der Waals surface area contributed by atoms with E-state index in [0.717, 1.165) is 24.0 Å². The molecule has 0 rings (SSSR count). The minimum Gasteiger partial charge on any atom is -0.778 e. The number of nitrogens with zero attached hydrogens (tertiary/aromatic N) is 1. The lowest BCUT2D eigenvalue weighted by atomic mass is 10.3. The minimum atomic E-state index is -3.66. The molecule has 0 spiro atoms. The van der Waals surface area contributed by atoms with Gasteiger partial charge >= 0.3 is 0 Å². The number of carbonyl (C=O) groups is 1. The third-order valence-electron chi connectivity index (χ3n) is 2.95. The Kier molecular flexibility index (Phi) is 8.98. The summed E-state index contributed by atoms with van der Waals surface area (Å²) in [5.41, 5.74) is 0. The normalized spacial score (nSPS) is 14.6. The van der Waals surface area contributed by atoms with Crippen molar-refractivity contribution in [2.75, 3.05) is 46.5 Å². The first kappa shape index (κ1) is 19.3. The standard InChI is InChI=1S/C13H27N2O4P/c1-5-13(16)14-9-7-10-15(3,4)11-8-12-20(17,18)19-6-2/h5H,1,6-12H2,2-4H3,(H-,14,16,17,18). The van der Waals surface area contributed by atoms with Crippen molar-refractivity contribution < 1.29 is 23.3 Å². The zero-order chi connectivity index (χ0) is 15.6. The van der Waals surface area contributed by atoms with E-state index in [1.54, 1.807) is 6.92 Å². The smallest absolute Gasteiger partial charge is 0.243 e. The van der Waals surface area contributed by atoms with Gasteiger partial charge in [-0.1, -0.05) is 6.58 Å². The molecule has 1 unspecified atom stereocenters. The molecule has 1 atom stereocenters. The van der Waals surface area contributed by atoms with E-state index in [9.17, 15) is 14.3 Å². The van der Waals surface area contributed by atoms with Gasteiger partial charge in [0, 0.05) is 25.5 Å². The largest absolute Gasteiger partial charge is 0.778 e. The van der Waals surface area contributed by atoms with Gasteiger partial charge in [0.1, 0.15) is 7.60 Å². The topological polar surface area (TPSA) is 78.5 Å². The van der Waals surface area contributed by atoms with Crippen LogP contribution in [0.15, 0.2) is 12.7 Å². The van der Waals surface area contributed by atoms with Crippen molar-refractivity contribution in [3.8, 4) is 0 Å². The predicted octanol–water partition coefficient (Wildman–Crippen LogP) is 0.735. The summed E-state index contributed by atoms with van der Waals surface area (Å²) in [5, 5.41) is 2.72. The zero-order valence-corrected chi connectivity index (χ0v) is 13.7. The summed E-state index contributed by atoms with van der Waals surface area (Å²) in [7, 11) is 0.439. The lowest BCUT2D eigenvalue weighted by molar-refractivity contribution is -0.890. The second-order valence-electron chi connectivity index (χ2n) is 5.34. The average molecular weight is 306 g/mol. The first-order valence-corrected chi connectivity index (χ1v) is 8.62. The van der Waals surface area contributed by atoms with E-state index < -0.39 is 7.60 Å². The highest BCUT2D eigenvalue weighted by atomic mass is 31.2. The molecule has 0 aromatic rings. The van der Waals surface area contributed by atoms with Crippen LogP contribution in [0.1, 0.15) is 19.8 Å². The highest BCUT2D eigenvalue weighted by molar-refractivity contribution is 7.51. The quantitative estimate of drug-likeness (QED) is 0.264. The SMILES string of the molecule is C=CC(=O)NCCC[N+](C)(C)CCCP(=O)([O-])OCC. The first-order chi connectivity index (χ1) is 9.22. The Bertz CT molecular complexity index is 358. The van der Waals surface area contributed by atoms with Crippen LogP contribution in [-0.4, -0.2) is 56.9 Å². The van der Waals surface area contributed by atoms with Gasteiger partial charge in [-0.3, -0.25) is 4.79 Å². The van der Waals surface area contributed by atoms with Crippen molar-refractivity contribution >= 4 is 13.5 Å². The number of quaternary nitrogens is 1. The van der Waals surface area contributed by atoms with Crippen molar-refractivity contribution in [1.29, 1.82) is 0 Å². The van der Waals surface area contributed by atoms with Crippen molar-refractivity contribution in [3.63, 3.8) is 0 Å². The van der Waals surface area contributed by atoms with E-state index in [1.807, 2.05) is 14.1 Å². The van der Waals surface area contributed by atoms with Gasteiger partial charge in [0.05, 0.1) is 33.8 Å². The van der Waals surface area contributed by atoms with E-state index in [1.165, 1.54) is 6.08 Å². The summed E-state index contributed by atoms with van der Waals surface area (Å²) in [4.78, 5) is 22.4. The predicted molar refractivity (Wildman–Crippen MR) is 78.4 cm³/mol. The summed E-state index contributed by atoms with van der Waals surface area (Å²) >= 11 is 0. The summed E-state index contributed by atoms with van der Waals surface area (Å²) in [5.74, 6) is -0.167. The molecule has 0 heterocycles. The molecule has 1 N–H and O–H groups in total. The van der Waals surface area contributed by atoms with E-state index in [0.29, 0.717) is 13.0 Å². The van der Waals surface area contributed by atoms with E-state index in [-0.39, 0.29) is 18.7 Å². The molecule has 0 aliphatic rings. The van der Waals surface area contributed by atoms with Crippen molar-refractivity contribution in [1.82, 2.24) is 5.32 Å². The Morgan fingerprint density at radius 2 is 2.00 bits per heavy atom. The molecule has 118 valence electrons. The molecule has 0 aliphatic carbocycles. The van der Waals surface area contributed by atoms with E-state index >= 15 is 0 Å². The van der Waals surface area contributed by atoms with Crippen molar-refractivity contribution in [3.05, 3.63) is 12.7 Å². The van der Waals surface area contributed by atoms with Crippen LogP contribution in [0.25, 0.3) is 0 Å². The third kappa shape index (κ3) is 10.1. The molecule has 0 aromatic heterocycles. The second-order valence-corrected chi connectivity index (χ2v) is 7.26. The fraction of sp³-hybridized carbons (Fsp3) is 0.769. The Morgan fingerprint density at radius 3 is 2.55 bits per heavy atom. The molecule has 20 heavy (non-hydrogen) atoms. The van der Waals surface area contributed by atoms with Gasteiger partial charge in [0.15, 0.2) is 0 Å². The molecule has 0 aromatic carbocycles. The van der Waals surface area contributed by atoms with Crippen molar-refractivity contribution in [2.45, 2.75) is 19.8 Å². The van der Waals surface area contributed by atoms with Crippen LogP contribution in [0.5, 0.6) is 0 Å². The molecule has 0 radical (unpaired) electrons. The van der Waals surface area contributed by atoms with Gasteiger partial charge in [-0.2, -0.15) is 0 Å². The van der Waals surface area contributed by atoms with Gasteiger partial charge in [-0.15, -0.1) is 0 Å². The van der Waals surface area contributed by atoms with E-state index in [4.69, 9.17) is 4.52 Å². The second kappa shape index (κ2) is 9.29. The first-order valence-electron chi connectivity index (χ1n) is 6.89. The molecule has 0 bridgehead atoms. The average Bonchev–Trinajstić information content (AvgIpc) is 2.33. The summed E-state index contributed by atoms with van der Waals surface area (Å²) < 4.78 is 16.9. The fourth-order valence-electron chi connectivity index (χ4n) is 1.86. The molecule has 0 saturated heterocycles. The number of amides is 1. The lowest BCUT2D eigenvalue weighted by Crippen LogP contribution is -2.42. The zero-order valence-electron chi connectivity index (χ0n) is 12.8. The van der Waals surface area contributed by atoms with Crippen LogP contribution in [0.3, 0.4) is 0 Å². The molecule has 0 aliphatic heterocycles. The third-order valence-corrected chi connectivity index (χ3v) is 4.46. The summed E-state index contributed by atoms with van der Waals surface area (Å²) in [6.07, 6.45) is 2.75. The summed E-state index contributed by atoms with van der Waals surface area (Å²) in [6.45, 7) is 7.48. The minimum absolute atomic E-state index is 0.0791. The molecule has 0 saturated carbocycles. The van der Waals surface area contributed by atoms with Crippen LogP contribution in [0, 0.1) is 0 Å². The highest BCUT2D eigenvalue weighted by Crippen LogP contribution is 2.37. The number of hydrogen-bond donors (Lipinski definition) is 1. The number of carbonyl (C=O) groups excluding carboxylic acids is 1. The van der Waals surface area contributed by atoms with E-state index in [2.05, 4.69) is 11.9 Å². The van der Waals surface area contributed by atoms with Gasteiger partial charge in [-0.25, -0.2) is 0 Å². The Hall–Kier alpha value is -0.680. The maximum absolute atomic E-state index is 11.4. The fourth-order valence-corrected chi connectivity index (χ4v) is 2.91. The Labute approximate surface area is 121 Å². The number of nitrogens with one attached hydrogen (secondary N) is 1. The Morgan fingerprint density at radius 1 is 1.40 bits per heavy atom. The van der Waals surface area contributed by atoms with Crippen LogP contribution in [-0.2, 0) is 13.9 Å². The van der Waals surface area contributed by atoms with Gasteiger partial charge in [0.25, 0.3) is 0 Å². The van der Waals surface area contributed by atoms with Crippen LogP contribution < -0.4 is 10.2 Å². The van der Waals surface area contributed by atoms with Gasteiger partial charge in [-0.05, 0) is 13.0 Å². The Balaban J connectivity index is 3.87. The number of hydrogen-bond acceptors (Lipinski definition) is 4. The molecular formula is C13H27N2O4P. The van der Waals surface area contributed by atoms with Crippen LogP contribution >= 0.6 is 7.60 Å². The van der Waals surface area contributed by atoms with Gasteiger partial charge in [0.2, 0.25) is 5.91 Å². The highest BCUT2D eigenvalue weighted by Gasteiger charge is 2.16. The molecule has 0 fully saturated rings. The maximum Gasteiger partial charge on any atom is 0.243 e. The monoisotopic (exact) mass is 306 g/mol. The molecule has 1 amide bonds. The van der Waals surface area contributed by atoms with Crippen LogP contribution in [0.4, 0.5) is 0 Å². The molecule has 7 heteroatoms.